The molecule has 7 heteroatoms. The molecular weight excluding hydrogens is 337 g/mol. The third kappa shape index (κ3) is 2.03. The van der Waals surface area contributed by atoms with Crippen molar-refractivity contribution in [1.29, 1.82) is 0 Å². The second-order valence-electron chi connectivity index (χ2n) is 7.41. The number of ketones is 1. The van der Waals surface area contributed by atoms with Gasteiger partial charge < -0.3 is 4.79 Å². The van der Waals surface area contributed by atoms with Gasteiger partial charge in [0.2, 0.25) is 0 Å². The lowest BCUT2D eigenvalue weighted by atomic mass is 9.47. The van der Waals surface area contributed by atoms with E-state index in [-0.39, 0.29) is 48.2 Å². The summed E-state index contributed by atoms with van der Waals surface area (Å²) in [6.07, 6.45) is 4.59. The van der Waals surface area contributed by atoms with E-state index in [4.69, 9.17) is 0 Å². The number of carbonyl (C=O) groups is 2. The highest BCUT2D eigenvalue weighted by atomic mass is 31.8. The molecule has 2 saturated carbocycles. The summed E-state index contributed by atoms with van der Waals surface area (Å²) in [5.74, 6) is 0.186. The van der Waals surface area contributed by atoms with Crippen LogP contribution in [0.15, 0.2) is 0 Å². The zero-order chi connectivity index (χ0) is 16.2. The maximum absolute atomic E-state index is 12.4. The summed E-state index contributed by atoms with van der Waals surface area (Å²) in [7, 11) is -0.136. The minimum absolute atomic E-state index is 0.0900. The van der Waals surface area contributed by atoms with E-state index in [2.05, 4.69) is 13.8 Å². The molecule has 1 spiro atoms. The summed E-state index contributed by atoms with van der Waals surface area (Å²) in [5, 5.41) is 0. The molecule has 0 amide bonds. The molecule has 4 nitrogen and oxygen atoms in total. The molecule has 3 rings (SSSR count). The molecule has 0 saturated heterocycles. The lowest BCUT2D eigenvalue weighted by Crippen LogP contribution is -2.58. The molecule has 0 aromatic heterocycles. The summed E-state index contributed by atoms with van der Waals surface area (Å²) < 4.78 is 23.7. The van der Waals surface area contributed by atoms with Gasteiger partial charge >= 0.3 is 0 Å². The van der Waals surface area contributed by atoms with E-state index in [9.17, 15) is 18.7 Å². The van der Waals surface area contributed by atoms with Gasteiger partial charge in [-0.15, -0.1) is 0 Å². The van der Waals surface area contributed by atoms with Crippen LogP contribution in [0.25, 0.3) is 0 Å². The van der Waals surface area contributed by atoms with Crippen LogP contribution in [-0.4, -0.2) is 23.1 Å². The van der Waals surface area contributed by atoms with Gasteiger partial charge in [-0.05, 0) is 38.5 Å². The maximum Gasteiger partial charge on any atom is 0.155 e. The summed E-state index contributed by atoms with van der Waals surface area (Å²) in [6.45, 7) is 4.25. The van der Waals surface area contributed by atoms with Crippen LogP contribution in [0, 0.1) is 22.7 Å². The van der Waals surface area contributed by atoms with Gasteiger partial charge in [-0.25, -0.2) is 0 Å². The number of fused-ring (bicyclic) bond motifs is 1. The average molecular weight is 358 g/mol. The first kappa shape index (κ1) is 16.7. The SMILES string of the molecule is C[C@@]12CCC3(P=P3=O)[C@@](C)(CP=O)[C@H]1CCC(=O)[C@H]2CC=O. The number of rotatable bonds is 4. The van der Waals surface area contributed by atoms with Gasteiger partial charge in [-0.1, -0.05) is 13.8 Å². The average Bonchev–Trinajstić information content (AvgIpc) is 3.12. The van der Waals surface area contributed by atoms with Crippen LogP contribution in [0.2, 0.25) is 0 Å². The fraction of sp³-hybridized carbons (Fsp3) is 0.867. The van der Waals surface area contributed by atoms with Crippen LogP contribution in [0.4, 0.5) is 0 Å². The van der Waals surface area contributed by atoms with E-state index in [1.54, 1.807) is 0 Å². The van der Waals surface area contributed by atoms with Gasteiger partial charge in [-0.2, -0.15) is 0 Å². The van der Waals surface area contributed by atoms with Crippen LogP contribution >= 0.6 is 23.4 Å². The first-order valence-electron chi connectivity index (χ1n) is 7.81. The van der Waals surface area contributed by atoms with Gasteiger partial charge in [0.15, 0.2) is 8.46 Å². The smallest absolute Gasteiger partial charge is 0.155 e. The van der Waals surface area contributed by atoms with Gasteiger partial charge in [0, 0.05) is 30.3 Å². The van der Waals surface area contributed by atoms with Crippen molar-refractivity contribution < 1.29 is 18.7 Å². The highest BCUT2D eigenvalue weighted by molar-refractivity contribution is 8.07. The molecule has 2 unspecified atom stereocenters. The molecule has 3 aliphatic rings. The zero-order valence-corrected chi connectivity index (χ0v) is 15.6. The molecule has 2 fully saturated rings. The Morgan fingerprint density at radius 2 is 2.09 bits per heavy atom. The third-order valence-electron chi connectivity index (χ3n) is 6.61. The monoisotopic (exact) mass is 358 g/mol. The van der Waals surface area contributed by atoms with Crippen molar-refractivity contribution in [1.82, 2.24) is 0 Å². The Kier molecular flexibility index (Phi) is 4.13. The molecule has 0 bridgehead atoms. The number of carbonyl (C=O) groups excluding carboxylic acids is 2. The van der Waals surface area contributed by atoms with Crippen LogP contribution < -0.4 is 0 Å². The zero-order valence-electron chi connectivity index (χ0n) is 12.9. The fourth-order valence-electron chi connectivity index (χ4n) is 5.28. The highest BCUT2D eigenvalue weighted by Gasteiger charge is 2.69. The van der Waals surface area contributed by atoms with Crippen molar-refractivity contribution >= 4 is 35.5 Å². The number of hydrogen-bond acceptors (Lipinski definition) is 4. The number of Topliss-reactive ketones (excluding diaryl/α,β-unsaturated/α-hetero) is 1. The van der Waals surface area contributed by atoms with E-state index >= 15 is 0 Å². The van der Waals surface area contributed by atoms with Crippen LogP contribution in [-0.2, 0) is 18.7 Å². The van der Waals surface area contributed by atoms with Crippen molar-refractivity contribution in [2.75, 3.05) is 6.16 Å². The Morgan fingerprint density at radius 3 is 2.64 bits per heavy atom. The van der Waals surface area contributed by atoms with Gasteiger partial charge in [0.25, 0.3) is 0 Å². The third-order valence-corrected chi connectivity index (χ3v) is 12.5. The van der Waals surface area contributed by atoms with E-state index in [1.807, 2.05) is 0 Å². The molecule has 0 aromatic rings. The Labute approximate surface area is 134 Å². The quantitative estimate of drug-likeness (QED) is 0.541. The summed E-state index contributed by atoms with van der Waals surface area (Å²) in [4.78, 5) is 23.2. The van der Waals surface area contributed by atoms with Crippen LogP contribution in [0.1, 0.15) is 46.0 Å². The van der Waals surface area contributed by atoms with E-state index in [0.717, 1.165) is 33.4 Å². The molecule has 120 valence electrons. The molecule has 6 atom stereocenters. The van der Waals surface area contributed by atoms with Crippen molar-refractivity contribution in [3.8, 4) is 0 Å². The second-order valence-corrected chi connectivity index (χ2v) is 12.3. The van der Waals surface area contributed by atoms with E-state index in [1.165, 1.54) is 0 Å². The molecule has 0 radical (unpaired) electrons. The van der Waals surface area contributed by atoms with Crippen LogP contribution in [0.5, 0.6) is 0 Å². The van der Waals surface area contributed by atoms with Gasteiger partial charge in [0.05, 0.1) is 0 Å². The second kappa shape index (κ2) is 5.44. The van der Waals surface area contributed by atoms with Gasteiger partial charge in [-0.3, -0.25) is 13.9 Å². The van der Waals surface area contributed by atoms with Crippen LogP contribution in [0.3, 0.4) is 0 Å². The van der Waals surface area contributed by atoms with Crippen molar-refractivity contribution in [2.45, 2.75) is 50.8 Å². The molecule has 1 heterocycles. The van der Waals surface area contributed by atoms with Crippen molar-refractivity contribution in [3.05, 3.63) is 0 Å². The minimum atomic E-state index is -1.24. The molecule has 0 N–H and O–H groups in total. The lowest BCUT2D eigenvalue weighted by molar-refractivity contribution is -0.145. The normalized spacial score (nSPS) is 49.5. The number of hydrogen-bond donors (Lipinski definition) is 0. The summed E-state index contributed by atoms with van der Waals surface area (Å²) in [5.41, 5.74) is -0.491. The predicted molar refractivity (Wildman–Crippen MR) is 87.1 cm³/mol. The predicted octanol–water partition coefficient (Wildman–Crippen LogP) is 4.67. The largest absolute Gasteiger partial charge is 0.303 e. The maximum atomic E-state index is 12.4. The first-order chi connectivity index (χ1) is 10.4. The molecule has 0 aromatic carbocycles. The Bertz CT molecular complexity index is 626. The first-order valence-corrected chi connectivity index (χ1v) is 11.7. The Hall–Kier alpha value is -0.160. The summed E-state index contributed by atoms with van der Waals surface area (Å²) in [6, 6.07) is 0. The van der Waals surface area contributed by atoms with Crippen molar-refractivity contribution in [3.63, 3.8) is 0 Å². The summed E-state index contributed by atoms with van der Waals surface area (Å²) >= 11 is 0. The standard InChI is InChI=1S/C15H21O4P3/c1-13-6-7-15(21-22(15)19)14(2,9-20-18)12(13)4-3-11(17)10(13)5-8-16/h8,10,12H,3-7,9H2,1-2H3/t10-,12+,13+,14+,15?/m1/s1. The van der Waals surface area contributed by atoms with Crippen molar-refractivity contribution in [2.24, 2.45) is 22.7 Å². The van der Waals surface area contributed by atoms with E-state index in [0.29, 0.717) is 12.6 Å². The molecule has 1 aliphatic heterocycles. The molecule has 22 heavy (non-hydrogen) atoms. The topological polar surface area (TPSA) is 68.3 Å². The Balaban J connectivity index is 2.04. The van der Waals surface area contributed by atoms with Gasteiger partial charge in [0.1, 0.15) is 24.1 Å². The Morgan fingerprint density at radius 1 is 1.41 bits per heavy atom. The minimum Gasteiger partial charge on any atom is -0.303 e. The fourth-order valence-corrected chi connectivity index (χ4v) is 11.3. The lowest BCUT2D eigenvalue weighted by Gasteiger charge is -2.59. The highest BCUT2D eigenvalue weighted by Crippen LogP contribution is 2.82. The van der Waals surface area contributed by atoms with E-state index < -0.39 is 7.09 Å². The number of aldehydes is 1. The molecule has 2 aliphatic carbocycles. The molecular formula is C15H21O4P3.